The molecule has 0 heterocycles. The summed E-state index contributed by atoms with van der Waals surface area (Å²) in [5.41, 5.74) is 0.394. The SMILES string of the molecule is CC(=CCC(=O)O)CP(=O)(O)O. The van der Waals surface area contributed by atoms with Crippen molar-refractivity contribution in [2.75, 3.05) is 6.16 Å². The number of hydrogen-bond donors (Lipinski definition) is 3. The zero-order valence-corrected chi connectivity index (χ0v) is 7.49. The van der Waals surface area contributed by atoms with Gasteiger partial charge in [0.1, 0.15) is 0 Å². The van der Waals surface area contributed by atoms with Gasteiger partial charge in [0.05, 0.1) is 12.6 Å². The minimum absolute atomic E-state index is 0.203. The summed E-state index contributed by atoms with van der Waals surface area (Å²) in [6.07, 6.45) is 0.716. The van der Waals surface area contributed by atoms with E-state index in [0.717, 1.165) is 0 Å². The third-order valence-electron chi connectivity index (χ3n) is 1.08. The van der Waals surface area contributed by atoms with Crippen LogP contribution in [-0.4, -0.2) is 27.0 Å². The van der Waals surface area contributed by atoms with Gasteiger partial charge >= 0.3 is 13.6 Å². The van der Waals surface area contributed by atoms with Crippen LogP contribution in [0.2, 0.25) is 0 Å². The number of carbonyl (C=O) groups is 1. The predicted molar refractivity (Wildman–Crippen MR) is 42.9 cm³/mol. The van der Waals surface area contributed by atoms with E-state index in [0.29, 0.717) is 5.57 Å². The van der Waals surface area contributed by atoms with Crippen molar-refractivity contribution < 1.29 is 24.3 Å². The summed E-state index contributed by atoms with van der Waals surface area (Å²) in [6, 6.07) is 0. The summed E-state index contributed by atoms with van der Waals surface area (Å²) in [7, 11) is -4.04. The Hall–Kier alpha value is -0.640. The molecule has 0 rings (SSSR count). The van der Waals surface area contributed by atoms with Crippen molar-refractivity contribution in [3.8, 4) is 0 Å². The molecule has 0 spiro atoms. The van der Waals surface area contributed by atoms with Crippen molar-refractivity contribution in [3.63, 3.8) is 0 Å². The number of rotatable bonds is 4. The standard InChI is InChI=1S/C6H11O5P/c1-5(2-3-6(7)8)4-12(9,10)11/h2H,3-4H2,1H3,(H,7,8)(H2,9,10,11). The molecule has 0 aliphatic heterocycles. The van der Waals surface area contributed by atoms with Crippen molar-refractivity contribution in [2.24, 2.45) is 0 Å². The van der Waals surface area contributed by atoms with E-state index in [4.69, 9.17) is 14.9 Å². The Morgan fingerprint density at radius 3 is 2.33 bits per heavy atom. The van der Waals surface area contributed by atoms with Gasteiger partial charge in [-0.3, -0.25) is 9.36 Å². The van der Waals surface area contributed by atoms with Crippen molar-refractivity contribution in [2.45, 2.75) is 13.3 Å². The minimum Gasteiger partial charge on any atom is -0.481 e. The monoisotopic (exact) mass is 194 g/mol. The van der Waals surface area contributed by atoms with Crippen LogP contribution in [0.25, 0.3) is 0 Å². The Balaban J connectivity index is 4.04. The molecule has 0 saturated heterocycles. The van der Waals surface area contributed by atoms with Crippen LogP contribution in [0.15, 0.2) is 11.6 Å². The quantitative estimate of drug-likeness (QED) is 0.449. The molecule has 0 unspecified atom stereocenters. The fraction of sp³-hybridized carbons (Fsp3) is 0.500. The average Bonchev–Trinajstić information content (AvgIpc) is 1.79. The molecule has 70 valence electrons. The van der Waals surface area contributed by atoms with E-state index >= 15 is 0 Å². The molecular formula is C6H11O5P. The Labute approximate surface area is 69.9 Å². The first-order chi connectivity index (χ1) is 5.31. The third kappa shape index (κ3) is 7.47. The second kappa shape index (κ2) is 4.40. The van der Waals surface area contributed by atoms with E-state index in [2.05, 4.69) is 0 Å². The predicted octanol–water partition coefficient (Wildman–Crippen LogP) is 0.585. The van der Waals surface area contributed by atoms with Gasteiger partial charge in [-0.1, -0.05) is 11.6 Å². The zero-order chi connectivity index (χ0) is 9.78. The van der Waals surface area contributed by atoms with Gasteiger partial charge < -0.3 is 14.9 Å². The minimum atomic E-state index is -4.04. The summed E-state index contributed by atoms with van der Waals surface area (Å²) in [5.74, 6) is -1.01. The van der Waals surface area contributed by atoms with E-state index in [-0.39, 0.29) is 12.6 Å². The van der Waals surface area contributed by atoms with Crippen molar-refractivity contribution in [3.05, 3.63) is 11.6 Å². The Morgan fingerprint density at radius 2 is 2.00 bits per heavy atom. The van der Waals surface area contributed by atoms with Crippen LogP contribution in [0.1, 0.15) is 13.3 Å². The Morgan fingerprint density at radius 1 is 1.50 bits per heavy atom. The average molecular weight is 194 g/mol. The lowest BCUT2D eigenvalue weighted by Crippen LogP contribution is -1.94. The van der Waals surface area contributed by atoms with Gasteiger partial charge in [0.2, 0.25) is 0 Å². The van der Waals surface area contributed by atoms with Crippen molar-refractivity contribution in [1.82, 2.24) is 0 Å². The highest BCUT2D eigenvalue weighted by molar-refractivity contribution is 7.52. The molecule has 0 fully saturated rings. The molecule has 0 aromatic rings. The molecule has 5 nitrogen and oxygen atoms in total. The zero-order valence-electron chi connectivity index (χ0n) is 6.60. The van der Waals surface area contributed by atoms with Crippen molar-refractivity contribution >= 4 is 13.6 Å². The molecule has 0 amide bonds. The van der Waals surface area contributed by atoms with Gasteiger partial charge in [-0.15, -0.1) is 0 Å². The van der Waals surface area contributed by atoms with Crippen LogP contribution in [0.3, 0.4) is 0 Å². The van der Waals surface area contributed by atoms with Gasteiger partial charge in [-0.2, -0.15) is 0 Å². The van der Waals surface area contributed by atoms with E-state index in [9.17, 15) is 9.36 Å². The molecule has 0 atom stereocenters. The number of hydrogen-bond acceptors (Lipinski definition) is 2. The normalized spacial score (nSPS) is 13.1. The highest BCUT2D eigenvalue weighted by Gasteiger charge is 2.12. The number of carboxylic acid groups (broad SMARTS) is 1. The van der Waals surface area contributed by atoms with Crippen LogP contribution >= 0.6 is 7.60 Å². The fourth-order valence-corrected chi connectivity index (χ4v) is 1.43. The van der Waals surface area contributed by atoms with Crippen LogP contribution in [0.4, 0.5) is 0 Å². The molecule has 0 aromatic heterocycles. The number of carboxylic acids is 1. The first-order valence-electron chi connectivity index (χ1n) is 3.23. The number of aliphatic carboxylic acids is 1. The van der Waals surface area contributed by atoms with Crippen molar-refractivity contribution in [1.29, 1.82) is 0 Å². The topological polar surface area (TPSA) is 94.8 Å². The maximum Gasteiger partial charge on any atom is 0.329 e. The highest BCUT2D eigenvalue weighted by Crippen LogP contribution is 2.36. The van der Waals surface area contributed by atoms with E-state index in [1.807, 2.05) is 0 Å². The summed E-state index contributed by atoms with van der Waals surface area (Å²) >= 11 is 0. The molecule has 0 radical (unpaired) electrons. The lowest BCUT2D eigenvalue weighted by Gasteiger charge is -2.02. The maximum atomic E-state index is 10.4. The summed E-state index contributed by atoms with van der Waals surface area (Å²) in [4.78, 5) is 27.0. The number of allylic oxidation sites excluding steroid dienone is 1. The second-order valence-electron chi connectivity index (χ2n) is 2.47. The van der Waals surface area contributed by atoms with Crippen LogP contribution < -0.4 is 0 Å². The lowest BCUT2D eigenvalue weighted by molar-refractivity contribution is -0.136. The third-order valence-corrected chi connectivity index (χ3v) is 1.99. The summed E-state index contributed by atoms with van der Waals surface area (Å²) in [6.45, 7) is 1.49. The second-order valence-corrected chi connectivity index (χ2v) is 4.12. The Kier molecular flexibility index (Phi) is 4.17. The van der Waals surface area contributed by atoms with Crippen LogP contribution in [0, 0.1) is 0 Å². The molecular weight excluding hydrogens is 183 g/mol. The Bertz CT molecular complexity index is 238. The van der Waals surface area contributed by atoms with E-state index < -0.39 is 13.6 Å². The van der Waals surface area contributed by atoms with Gasteiger partial charge in [-0.05, 0) is 6.92 Å². The van der Waals surface area contributed by atoms with E-state index in [1.54, 1.807) is 0 Å². The maximum absolute atomic E-state index is 10.4. The fourth-order valence-electron chi connectivity index (χ4n) is 0.651. The van der Waals surface area contributed by atoms with Gasteiger partial charge in [0.25, 0.3) is 0 Å². The molecule has 0 aliphatic rings. The van der Waals surface area contributed by atoms with Crippen LogP contribution in [0.5, 0.6) is 0 Å². The molecule has 0 aliphatic carbocycles. The van der Waals surface area contributed by atoms with Crippen LogP contribution in [-0.2, 0) is 9.36 Å². The molecule has 0 aromatic carbocycles. The van der Waals surface area contributed by atoms with Gasteiger partial charge in [0.15, 0.2) is 0 Å². The largest absolute Gasteiger partial charge is 0.481 e. The summed E-state index contributed by atoms with van der Waals surface area (Å²) < 4.78 is 10.4. The van der Waals surface area contributed by atoms with E-state index in [1.165, 1.54) is 13.0 Å². The molecule has 12 heavy (non-hydrogen) atoms. The molecule has 3 N–H and O–H groups in total. The molecule has 0 saturated carbocycles. The first kappa shape index (κ1) is 11.4. The lowest BCUT2D eigenvalue weighted by atomic mass is 10.3. The van der Waals surface area contributed by atoms with Gasteiger partial charge in [-0.25, -0.2) is 0 Å². The molecule has 0 bridgehead atoms. The summed E-state index contributed by atoms with van der Waals surface area (Å²) in [5, 5.41) is 8.22. The highest BCUT2D eigenvalue weighted by atomic mass is 31.2. The first-order valence-corrected chi connectivity index (χ1v) is 5.03. The molecule has 6 heteroatoms. The smallest absolute Gasteiger partial charge is 0.329 e. The van der Waals surface area contributed by atoms with Gasteiger partial charge in [0, 0.05) is 0 Å².